The van der Waals surface area contributed by atoms with Crippen molar-refractivity contribution in [2.45, 2.75) is 25.9 Å². The summed E-state index contributed by atoms with van der Waals surface area (Å²) in [6, 6.07) is 6.13. The predicted molar refractivity (Wildman–Crippen MR) is 59.4 cm³/mol. The molecule has 0 spiro atoms. The summed E-state index contributed by atoms with van der Waals surface area (Å²) in [6.45, 7) is 2.29. The van der Waals surface area contributed by atoms with E-state index in [0.29, 0.717) is 4.47 Å². The van der Waals surface area contributed by atoms with Crippen molar-refractivity contribution in [3.63, 3.8) is 0 Å². The molecule has 0 aliphatic carbocycles. The maximum absolute atomic E-state index is 13.3. The van der Waals surface area contributed by atoms with Gasteiger partial charge in [-0.2, -0.15) is 5.26 Å². The van der Waals surface area contributed by atoms with Gasteiger partial charge in [-0.05, 0) is 25.1 Å². The van der Waals surface area contributed by atoms with Crippen LogP contribution in [-0.2, 0) is 5.92 Å². The smallest absolute Gasteiger partial charge is 0.274 e. The molecule has 0 fully saturated rings. The largest absolute Gasteiger partial charge is 0.475 e. The summed E-state index contributed by atoms with van der Waals surface area (Å²) in [4.78, 5) is 0. The van der Waals surface area contributed by atoms with E-state index in [4.69, 9.17) is 10.00 Å². The molecule has 0 aliphatic rings. The van der Waals surface area contributed by atoms with Crippen LogP contribution < -0.4 is 4.74 Å². The van der Waals surface area contributed by atoms with E-state index in [9.17, 15) is 8.78 Å². The number of halogens is 3. The molecule has 1 atom stereocenters. The van der Waals surface area contributed by atoms with Crippen molar-refractivity contribution in [2.24, 2.45) is 0 Å². The minimum atomic E-state index is -3.01. The molecule has 0 aromatic heterocycles. The van der Waals surface area contributed by atoms with Crippen molar-refractivity contribution in [1.29, 1.82) is 5.26 Å². The van der Waals surface area contributed by atoms with Gasteiger partial charge in [-0.15, -0.1) is 0 Å². The summed E-state index contributed by atoms with van der Waals surface area (Å²) in [5.74, 6) is -2.97. The lowest BCUT2D eigenvalue weighted by atomic mass is 10.1. The number of hydrogen-bond acceptors (Lipinski definition) is 2. The Bertz CT molecular complexity index is 423. The standard InChI is InChI=1S/C11H10BrF2NO/c1-7(6-15)16-10-4-3-8(12)5-9(10)11(2,13)14/h3-5,7H,1-2H3. The summed E-state index contributed by atoms with van der Waals surface area (Å²) < 4.78 is 32.2. The van der Waals surface area contributed by atoms with Crippen LogP contribution in [0.1, 0.15) is 19.4 Å². The second-order valence-corrected chi connectivity index (χ2v) is 4.33. The third kappa shape index (κ3) is 3.17. The zero-order valence-electron chi connectivity index (χ0n) is 8.80. The first-order chi connectivity index (χ1) is 7.34. The molecule has 5 heteroatoms. The fourth-order valence-corrected chi connectivity index (χ4v) is 1.53. The molecule has 1 aromatic rings. The normalized spacial score (nSPS) is 13.0. The summed E-state index contributed by atoms with van der Waals surface area (Å²) in [5.41, 5.74) is -0.232. The fourth-order valence-electron chi connectivity index (χ4n) is 1.16. The molecule has 0 aliphatic heterocycles. The Kier molecular flexibility index (Phi) is 3.87. The minimum Gasteiger partial charge on any atom is -0.475 e. The van der Waals surface area contributed by atoms with Crippen molar-refractivity contribution >= 4 is 15.9 Å². The summed E-state index contributed by atoms with van der Waals surface area (Å²) in [6.07, 6.45) is -0.762. The van der Waals surface area contributed by atoms with Crippen molar-refractivity contribution in [2.75, 3.05) is 0 Å². The average Bonchev–Trinajstić information content (AvgIpc) is 2.19. The molecule has 1 unspecified atom stereocenters. The van der Waals surface area contributed by atoms with Gasteiger partial charge in [-0.25, -0.2) is 8.78 Å². The van der Waals surface area contributed by atoms with Crippen LogP contribution in [0.15, 0.2) is 22.7 Å². The Morgan fingerprint density at radius 3 is 2.62 bits per heavy atom. The minimum absolute atomic E-state index is 0.0322. The number of nitriles is 1. The molecule has 0 heterocycles. The van der Waals surface area contributed by atoms with Crippen LogP contribution >= 0.6 is 15.9 Å². The van der Waals surface area contributed by atoms with Gasteiger partial charge < -0.3 is 4.74 Å². The molecule has 1 rings (SSSR count). The third-order valence-electron chi connectivity index (χ3n) is 1.90. The van der Waals surface area contributed by atoms with Gasteiger partial charge in [0.2, 0.25) is 0 Å². The average molecular weight is 290 g/mol. The Hall–Kier alpha value is -1.15. The van der Waals surface area contributed by atoms with Crippen LogP contribution in [0.25, 0.3) is 0 Å². The number of hydrogen-bond donors (Lipinski definition) is 0. The van der Waals surface area contributed by atoms with E-state index in [1.54, 1.807) is 6.07 Å². The molecule has 0 N–H and O–H groups in total. The topological polar surface area (TPSA) is 33.0 Å². The lowest BCUT2D eigenvalue weighted by Gasteiger charge is -2.17. The van der Waals surface area contributed by atoms with E-state index in [0.717, 1.165) is 6.92 Å². The second-order valence-electron chi connectivity index (χ2n) is 3.42. The van der Waals surface area contributed by atoms with Crippen LogP contribution in [0.5, 0.6) is 5.75 Å². The van der Waals surface area contributed by atoms with Crippen LogP contribution in [0.2, 0.25) is 0 Å². The molecule has 2 nitrogen and oxygen atoms in total. The van der Waals surface area contributed by atoms with Crippen molar-refractivity contribution in [3.05, 3.63) is 28.2 Å². The number of nitrogens with zero attached hydrogens (tertiary/aromatic N) is 1. The fraction of sp³-hybridized carbons (Fsp3) is 0.364. The Morgan fingerprint density at radius 2 is 2.12 bits per heavy atom. The van der Waals surface area contributed by atoms with Gasteiger partial charge in [0.15, 0.2) is 6.10 Å². The molecular formula is C11H10BrF2NO. The van der Waals surface area contributed by atoms with Crippen molar-refractivity contribution < 1.29 is 13.5 Å². The molecule has 0 saturated carbocycles. The Labute approximate surface area is 101 Å². The van der Waals surface area contributed by atoms with Crippen LogP contribution in [0.4, 0.5) is 8.78 Å². The number of benzene rings is 1. The van der Waals surface area contributed by atoms with E-state index >= 15 is 0 Å². The van der Waals surface area contributed by atoms with E-state index < -0.39 is 12.0 Å². The monoisotopic (exact) mass is 289 g/mol. The van der Waals surface area contributed by atoms with Crippen molar-refractivity contribution in [1.82, 2.24) is 0 Å². The molecule has 0 radical (unpaired) electrons. The number of ether oxygens (including phenoxy) is 1. The lowest BCUT2D eigenvalue weighted by molar-refractivity contribution is 0.0139. The highest BCUT2D eigenvalue weighted by molar-refractivity contribution is 9.10. The predicted octanol–water partition coefficient (Wildman–Crippen LogP) is 3.85. The zero-order valence-corrected chi connectivity index (χ0v) is 10.4. The molecule has 0 amide bonds. The second kappa shape index (κ2) is 4.79. The molecule has 16 heavy (non-hydrogen) atoms. The van der Waals surface area contributed by atoms with Gasteiger partial charge in [-0.3, -0.25) is 0 Å². The van der Waals surface area contributed by atoms with Gasteiger partial charge in [0.25, 0.3) is 5.92 Å². The lowest BCUT2D eigenvalue weighted by Crippen LogP contribution is -2.14. The van der Waals surface area contributed by atoms with Gasteiger partial charge in [-0.1, -0.05) is 15.9 Å². The van der Waals surface area contributed by atoms with E-state index in [-0.39, 0.29) is 11.3 Å². The van der Waals surface area contributed by atoms with Crippen LogP contribution in [0, 0.1) is 11.3 Å². The summed E-state index contributed by atoms with van der Waals surface area (Å²) in [7, 11) is 0. The summed E-state index contributed by atoms with van der Waals surface area (Å²) >= 11 is 3.12. The molecule has 86 valence electrons. The highest BCUT2D eigenvalue weighted by Crippen LogP contribution is 2.36. The number of rotatable bonds is 3. The van der Waals surface area contributed by atoms with Gasteiger partial charge >= 0.3 is 0 Å². The van der Waals surface area contributed by atoms with E-state index in [1.165, 1.54) is 19.1 Å². The number of alkyl halides is 2. The van der Waals surface area contributed by atoms with Crippen LogP contribution in [-0.4, -0.2) is 6.10 Å². The molecule has 1 aromatic carbocycles. The third-order valence-corrected chi connectivity index (χ3v) is 2.39. The maximum atomic E-state index is 13.3. The molecular weight excluding hydrogens is 280 g/mol. The summed E-state index contributed by atoms with van der Waals surface area (Å²) in [5, 5.41) is 8.57. The SMILES string of the molecule is CC(C#N)Oc1ccc(Br)cc1C(C)(F)F. The molecule has 0 bridgehead atoms. The highest BCUT2D eigenvalue weighted by Gasteiger charge is 2.29. The van der Waals surface area contributed by atoms with Gasteiger partial charge in [0, 0.05) is 11.4 Å². The van der Waals surface area contributed by atoms with Gasteiger partial charge in [0.1, 0.15) is 11.8 Å². The molecule has 0 saturated heterocycles. The Balaban J connectivity index is 3.14. The first-order valence-corrected chi connectivity index (χ1v) is 5.38. The maximum Gasteiger partial charge on any atom is 0.274 e. The first-order valence-electron chi connectivity index (χ1n) is 4.58. The quantitative estimate of drug-likeness (QED) is 0.847. The highest BCUT2D eigenvalue weighted by atomic mass is 79.9. The first kappa shape index (κ1) is 12.9. The van der Waals surface area contributed by atoms with Gasteiger partial charge in [0.05, 0.1) is 5.56 Å². The zero-order chi connectivity index (χ0) is 12.3. The van der Waals surface area contributed by atoms with Crippen LogP contribution in [0.3, 0.4) is 0 Å². The Morgan fingerprint density at radius 1 is 1.50 bits per heavy atom. The van der Waals surface area contributed by atoms with Crippen molar-refractivity contribution in [3.8, 4) is 11.8 Å². The van der Waals surface area contributed by atoms with E-state index in [1.807, 2.05) is 6.07 Å². The van der Waals surface area contributed by atoms with E-state index in [2.05, 4.69) is 15.9 Å².